The van der Waals surface area contributed by atoms with Crippen LogP contribution >= 0.6 is 0 Å². The zero-order valence-corrected chi connectivity index (χ0v) is 17.3. The average Bonchev–Trinajstić information content (AvgIpc) is 3.29. The standard InChI is InChI=1S/C20H24FN3O6/c1-10-6-23(7-11(2)29-10)17-13(8-25)5-14-18(16(17)21)30-22-19(14)24-15(12(3)27-4)9-28-20(24)26/h5,8,10-12,15H,6-7,9H2,1-4H3/t10-,11-,12-,15-/m1/s1. The van der Waals surface area contributed by atoms with Crippen LogP contribution in [0.1, 0.15) is 31.1 Å². The molecule has 0 saturated carbocycles. The molecule has 2 saturated heterocycles. The molecule has 2 fully saturated rings. The first-order valence-electron chi connectivity index (χ1n) is 9.81. The second kappa shape index (κ2) is 7.84. The van der Waals surface area contributed by atoms with Crippen LogP contribution in [0.15, 0.2) is 10.6 Å². The summed E-state index contributed by atoms with van der Waals surface area (Å²) in [7, 11) is 1.52. The minimum absolute atomic E-state index is 0.0960. The summed E-state index contributed by atoms with van der Waals surface area (Å²) >= 11 is 0. The van der Waals surface area contributed by atoms with E-state index in [1.165, 1.54) is 18.1 Å². The Hall–Kier alpha value is -2.72. The Balaban J connectivity index is 1.82. The first-order chi connectivity index (χ1) is 14.3. The third-order valence-electron chi connectivity index (χ3n) is 5.60. The highest BCUT2D eigenvalue weighted by Gasteiger charge is 2.41. The van der Waals surface area contributed by atoms with Gasteiger partial charge in [0.2, 0.25) is 5.58 Å². The Morgan fingerprint density at radius 1 is 1.33 bits per heavy atom. The van der Waals surface area contributed by atoms with Crippen LogP contribution in [-0.2, 0) is 14.2 Å². The fraction of sp³-hybridized carbons (Fsp3) is 0.550. The van der Waals surface area contributed by atoms with E-state index < -0.39 is 18.0 Å². The number of morpholine rings is 1. The van der Waals surface area contributed by atoms with E-state index in [2.05, 4.69) is 5.16 Å². The van der Waals surface area contributed by atoms with Crippen LogP contribution in [0.4, 0.5) is 20.7 Å². The smallest absolute Gasteiger partial charge is 0.416 e. The molecular formula is C20H24FN3O6. The predicted molar refractivity (Wildman–Crippen MR) is 106 cm³/mol. The minimum Gasteiger partial charge on any atom is -0.447 e. The van der Waals surface area contributed by atoms with Gasteiger partial charge in [-0.15, -0.1) is 0 Å². The summed E-state index contributed by atoms with van der Waals surface area (Å²) in [6.07, 6.45) is -0.633. The lowest BCUT2D eigenvalue weighted by Gasteiger charge is -2.37. The number of fused-ring (bicyclic) bond motifs is 1. The van der Waals surface area contributed by atoms with Gasteiger partial charge in [0.05, 0.1) is 29.4 Å². The Bertz CT molecular complexity index is 969. The summed E-state index contributed by atoms with van der Waals surface area (Å²) in [5, 5.41) is 4.16. The van der Waals surface area contributed by atoms with Crippen molar-refractivity contribution < 1.29 is 32.7 Å². The molecule has 1 aromatic heterocycles. The number of carbonyl (C=O) groups excluding carboxylic acids is 2. The number of methoxy groups -OCH3 is 1. The van der Waals surface area contributed by atoms with Crippen molar-refractivity contribution in [2.45, 2.75) is 45.1 Å². The number of aldehydes is 1. The van der Waals surface area contributed by atoms with Crippen molar-refractivity contribution in [2.75, 3.05) is 36.6 Å². The molecule has 0 aliphatic carbocycles. The maximum Gasteiger partial charge on any atom is 0.416 e. The molecule has 2 aliphatic rings. The largest absolute Gasteiger partial charge is 0.447 e. The molecule has 30 heavy (non-hydrogen) atoms. The Labute approximate surface area is 172 Å². The molecule has 162 valence electrons. The van der Waals surface area contributed by atoms with E-state index in [4.69, 9.17) is 18.7 Å². The van der Waals surface area contributed by atoms with Gasteiger partial charge in [-0.25, -0.2) is 14.1 Å². The van der Waals surface area contributed by atoms with E-state index in [1.54, 1.807) is 11.8 Å². The molecule has 1 aromatic carbocycles. The fourth-order valence-corrected chi connectivity index (χ4v) is 4.16. The van der Waals surface area contributed by atoms with Crippen LogP contribution in [0, 0.1) is 5.82 Å². The second-order valence-corrected chi connectivity index (χ2v) is 7.75. The number of ether oxygens (including phenoxy) is 3. The van der Waals surface area contributed by atoms with E-state index in [0.29, 0.717) is 19.4 Å². The summed E-state index contributed by atoms with van der Waals surface area (Å²) in [4.78, 5) is 27.3. The van der Waals surface area contributed by atoms with E-state index >= 15 is 4.39 Å². The predicted octanol–water partition coefficient (Wildman–Crippen LogP) is 2.75. The van der Waals surface area contributed by atoms with Gasteiger partial charge in [0.25, 0.3) is 0 Å². The average molecular weight is 421 g/mol. The van der Waals surface area contributed by atoms with E-state index in [0.717, 1.165) is 0 Å². The molecule has 2 aliphatic heterocycles. The molecule has 0 unspecified atom stereocenters. The van der Waals surface area contributed by atoms with Crippen molar-refractivity contribution in [1.82, 2.24) is 5.16 Å². The number of rotatable bonds is 5. The molecule has 0 N–H and O–H groups in total. The van der Waals surface area contributed by atoms with Crippen LogP contribution in [0.25, 0.3) is 11.0 Å². The highest BCUT2D eigenvalue weighted by Crippen LogP contribution is 2.38. The fourth-order valence-electron chi connectivity index (χ4n) is 4.16. The van der Waals surface area contributed by atoms with Crippen LogP contribution < -0.4 is 9.80 Å². The zero-order chi connectivity index (χ0) is 21.6. The second-order valence-electron chi connectivity index (χ2n) is 7.75. The van der Waals surface area contributed by atoms with E-state index in [9.17, 15) is 9.59 Å². The topological polar surface area (TPSA) is 94.3 Å². The molecule has 10 heteroatoms. The molecule has 4 rings (SSSR count). The number of aromatic nitrogens is 1. The van der Waals surface area contributed by atoms with Gasteiger partial charge in [0.15, 0.2) is 17.9 Å². The highest BCUT2D eigenvalue weighted by molar-refractivity contribution is 6.03. The maximum absolute atomic E-state index is 15.5. The summed E-state index contributed by atoms with van der Waals surface area (Å²) in [6.45, 7) is 6.54. The lowest BCUT2D eigenvalue weighted by Crippen LogP contribution is -2.46. The summed E-state index contributed by atoms with van der Waals surface area (Å²) < 4.78 is 37.0. The molecule has 4 atom stereocenters. The van der Waals surface area contributed by atoms with Gasteiger partial charge in [-0.3, -0.25) is 4.79 Å². The van der Waals surface area contributed by atoms with Crippen molar-refractivity contribution in [3.05, 3.63) is 17.4 Å². The van der Waals surface area contributed by atoms with Crippen molar-refractivity contribution in [2.24, 2.45) is 0 Å². The molecule has 0 bridgehead atoms. The molecule has 3 heterocycles. The lowest BCUT2D eigenvalue weighted by molar-refractivity contribution is -0.00543. The SMILES string of the molecule is CO[C@H](C)[C@H]1COC(=O)N1c1noc2c(F)c(N3C[C@@H](C)O[C@H](C)C3)c(C=O)cc12. The van der Waals surface area contributed by atoms with Crippen molar-refractivity contribution >= 4 is 34.9 Å². The van der Waals surface area contributed by atoms with Crippen molar-refractivity contribution in [1.29, 1.82) is 0 Å². The quantitative estimate of drug-likeness (QED) is 0.681. The van der Waals surface area contributed by atoms with Crippen LogP contribution in [0.3, 0.4) is 0 Å². The zero-order valence-electron chi connectivity index (χ0n) is 17.3. The number of amides is 1. The molecule has 0 spiro atoms. The molecule has 0 radical (unpaired) electrons. The van der Waals surface area contributed by atoms with Gasteiger partial charge in [0.1, 0.15) is 12.6 Å². The van der Waals surface area contributed by atoms with Crippen LogP contribution in [0.2, 0.25) is 0 Å². The summed E-state index contributed by atoms with van der Waals surface area (Å²) in [6, 6.07) is 1.04. The van der Waals surface area contributed by atoms with Gasteiger partial charge in [0, 0.05) is 25.8 Å². The number of cyclic esters (lactones) is 1. The number of nitrogens with zero attached hydrogens (tertiary/aromatic N) is 3. The van der Waals surface area contributed by atoms with Gasteiger partial charge < -0.3 is 23.6 Å². The lowest BCUT2D eigenvalue weighted by atomic mass is 10.1. The van der Waals surface area contributed by atoms with Crippen molar-refractivity contribution in [3.63, 3.8) is 0 Å². The first kappa shape index (κ1) is 20.5. The highest BCUT2D eigenvalue weighted by atomic mass is 19.1. The molecular weight excluding hydrogens is 397 g/mol. The van der Waals surface area contributed by atoms with Crippen LogP contribution in [0.5, 0.6) is 0 Å². The third-order valence-corrected chi connectivity index (χ3v) is 5.60. The minimum atomic E-state index is -0.696. The van der Waals surface area contributed by atoms with Crippen molar-refractivity contribution in [3.8, 4) is 0 Å². The number of carbonyl (C=O) groups is 2. The van der Waals surface area contributed by atoms with E-state index in [1.807, 2.05) is 13.8 Å². The first-order valence-corrected chi connectivity index (χ1v) is 9.81. The van der Waals surface area contributed by atoms with E-state index in [-0.39, 0.29) is 53.0 Å². The Kier molecular flexibility index (Phi) is 5.37. The number of benzene rings is 1. The Morgan fingerprint density at radius 2 is 2.03 bits per heavy atom. The normalized spacial score (nSPS) is 25.6. The summed E-state index contributed by atoms with van der Waals surface area (Å²) in [5.74, 6) is -0.600. The van der Waals surface area contributed by atoms with Gasteiger partial charge in [-0.05, 0) is 26.8 Å². The molecule has 2 aromatic rings. The third kappa shape index (κ3) is 3.29. The number of anilines is 2. The number of hydrogen-bond donors (Lipinski definition) is 0. The summed E-state index contributed by atoms with van der Waals surface area (Å²) in [5.41, 5.74) is 0.170. The van der Waals surface area contributed by atoms with Gasteiger partial charge in [-0.2, -0.15) is 0 Å². The number of halogens is 1. The van der Waals surface area contributed by atoms with Gasteiger partial charge in [-0.1, -0.05) is 5.16 Å². The Morgan fingerprint density at radius 3 is 2.67 bits per heavy atom. The monoisotopic (exact) mass is 421 g/mol. The molecule has 9 nitrogen and oxygen atoms in total. The van der Waals surface area contributed by atoms with Crippen LogP contribution in [-0.4, -0.2) is 68.7 Å². The molecule has 1 amide bonds. The van der Waals surface area contributed by atoms with Gasteiger partial charge >= 0.3 is 6.09 Å². The maximum atomic E-state index is 15.5. The number of hydrogen-bond acceptors (Lipinski definition) is 8.